The molecule has 8 heteroatoms. The largest absolute Gasteiger partial charge is 0.467 e. The van der Waals surface area contributed by atoms with Crippen LogP contribution >= 0.6 is 0 Å². The van der Waals surface area contributed by atoms with Crippen LogP contribution in [-0.2, 0) is 16.1 Å². The summed E-state index contributed by atoms with van der Waals surface area (Å²) in [6, 6.07) is 16.0. The van der Waals surface area contributed by atoms with Gasteiger partial charge in [0.05, 0.1) is 35.7 Å². The maximum Gasteiger partial charge on any atom is 0.253 e. The van der Waals surface area contributed by atoms with Crippen molar-refractivity contribution in [3.63, 3.8) is 0 Å². The van der Waals surface area contributed by atoms with Gasteiger partial charge in [-0.05, 0) is 36.4 Å². The summed E-state index contributed by atoms with van der Waals surface area (Å²) < 4.78 is 19.3. The number of amides is 3. The summed E-state index contributed by atoms with van der Waals surface area (Å²) in [6.45, 7) is 0.279. The number of furan rings is 1. The predicted octanol–water partition coefficient (Wildman–Crippen LogP) is 3.34. The number of anilines is 2. The van der Waals surface area contributed by atoms with E-state index in [0.29, 0.717) is 11.4 Å². The van der Waals surface area contributed by atoms with Gasteiger partial charge in [0.15, 0.2) is 0 Å². The van der Waals surface area contributed by atoms with Crippen LogP contribution < -0.4 is 15.5 Å². The van der Waals surface area contributed by atoms with Crippen LogP contribution in [0.2, 0.25) is 0 Å². The van der Waals surface area contributed by atoms with Crippen LogP contribution in [0, 0.1) is 11.7 Å². The molecule has 1 fully saturated rings. The van der Waals surface area contributed by atoms with Gasteiger partial charge >= 0.3 is 0 Å². The minimum absolute atomic E-state index is 0.0347. The van der Waals surface area contributed by atoms with E-state index in [1.165, 1.54) is 29.4 Å². The molecular weight excluding hydrogens is 401 g/mol. The molecule has 1 aliphatic rings. The summed E-state index contributed by atoms with van der Waals surface area (Å²) in [5.41, 5.74) is 0.777. The van der Waals surface area contributed by atoms with Crippen LogP contribution in [0.4, 0.5) is 15.8 Å². The number of hydrogen-bond acceptors (Lipinski definition) is 4. The lowest BCUT2D eigenvalue weighted by atomic mass is 10.1. The van der Waals surface area contributed by atoms with Gasteiger partial charge in [0.2, 0.25) is 11.8 Å². The van der Waals surface area contributed by atoms with Crippen molar-refractivity contribution >= 4 is 29.1 Å². The molecule has 1 aliphatic heterocycles. The molecular formula is C23H20FN3O4. The van der Waals surface area contributed by atoms with Crippen molar-refractivity contribution in [2.24, 2.45) is 5.92 Å². The van der Waals surface area contributed by atoms with Crippen LogP contribution in [0.3, 0.4) is 0 Å². The van der Waals surface area contributed by atoms with Gasteiger partial charge in [-0.15, -0.1) is 0 Å². The van der Waals surface area contributed by atoms with E-state index >= 15 is 0 Å². The second kappa shape index (κ2) is 8.83. The van der Waals surface area contributed by atoms with Crippen LogP contribution in [0.15, 0.2) is 71.3 Å². The molecule has 0 saturated carbocycles. The lowest BCUT2D eigenvalue weighted by Crippen LogP contribution is -2.29. The molecule has 3 aromatic rings. The highest BCUT2D eigenvalue weighted by Gasteiger charge is 2.36. The van der Waals surface area contributed by atoms with Crippen LogP contribution in [0.25, 0.3) is 0 Å². The molecule has 0 radical (unpaired) electrons. The average molecular weight is 421 g/mol. The standard InChI is InChI=1S/C23H20FN3O4/c24-18-8-2-4-10-20(18)27-14-15(12-21(27)28)22(29)26-19-9-3-1-7-17(19)23(30)25-13-16-6-5-11-31-16/h1-11,15H,12-14H2,(H,25,30)(H,26,29). The minimum atomic E-state index is -0.661. The highest BCUT2D eigenvalue weighted by Crippen LogP contribution is 2.28. The maximum absolute atomic E-state index is 14.1. The second-order valence-corrected chi connectivity index (χ2v) is 7.15. The van der Waals surface area contributed by atoms with E-state index in [1.807, 2.05) is 0 Å². The Balaban J connectivity index is 1.44. The lowest BCUT2D eigenvalue weighted by molar-refractivity contribution is -0.122. The number of carbonyl (C=O) groups excluding carboxylic acids is 3. The Bertz CT molecular complexity index is 1110. The van der Waals surface area contributed by atoms with E-state index in [2.05, 4.69) is 10.6 Å². The third-order valence-electron chi connectivity index (χ3n) is 5.07. The normalized spacial score (nSPS) is 15.7. The van der Waals surface area contributed by atoms with Crippen molar-refractivity contribution < 1.29 is 23.2 Å². The summed E-state index contributed by atoms with van der Waals surface area (Å²) >= 11 is 0. The highest BCUT2D eigenvalue weighted by molar-refractivity contribution is 6.07. The Morgan fingerprint density at radius 1 is 1.06 bits per heavy atom. The fraction of sp³-hybridized carbons (Fsp3) is 0.174. The summed E-state index contributed by atoms with van der Waals surface area (Å²) in [7, 11) is 0. The quantitative estimate of drug-likeness (QED) is 0.639. The van der Waals surface area contributed by atoms with Crippen LogP contribution in [0.1, 0.15) is 22.5 Å². The Kier molecular flexibility index (Phi) is 5.79. The van der Waals surface area contributed by atoms with E-state index < -0.39 is 17.6 Å². The number of hydrogen-bond donors (Lipinski definition) is 2. The van der Waals surface area contributed by atoms with E-state index in [4.69, 9.17) is 4.42 Å². The molecule has 7 nitrogen and oxygen atoms in total. The van der Waals surface area contributed by atoms with Gasteiger partial charge in [-0.1, -0.05) is 24.3 Å². The summed E-state index contributed by atoms with van der Waals surface area (Å²) in [5, 5.41) is 5.48. The molecule has 0 bridgehead atoms. The van der Waals surface area contributed by atoms with Crippen molar-refractivity contribution in [2.45, 2.75) is 13.0 Å². The molecule has 1 saturated heterocycles. The number of nitrogens with zero attached hydrogens (tertiary/aromatic N) is 1. The number of rotatable bonds is 6. The molecule has 1 unspecified atom stereocenters. The zero-order valence-electron chi connectivity index (χ0n) is 16.5. The molecule has 1 aromatic heterocycles. The molecule has 4 rings (SSSR count). The number of halogens is 1. The molecule has 158 valence electrons. The first-order valence-corrected chi connectivity index (χ1v) is 9.78. The monoisotopic (exact) mass is 421 g/mol. The molecule has 0 spiro atoms. The molecule has 2 N–H and O–H groups in total. The number of carbonyl (C=O) groups is 3. The van der Waals surface area contributed by atoms with Gasteiger partial charge < -0.3 is 20.0 Å². The van der Waals surface area contributed by atoms with Crippen molar-refractivity contribution in [1.29, 1.82) is 0 Å². The summed E-state index contributed by atoms with van der Waals surface area (Å²) in [4.78, 5) is 39.0. The smallest absolute Gasteiger partial charge is 0.253 e. The van der Waals surface area contributed by atoms with E-state index in [1.54, 1.807) is 42.5 Å². The number of para-hydroxylation sites is 2. The summed E-state index contributed by atoms with van der Waals surface area (Å²) in [6.07, 6.45) is 1.48. The Hall–Kier alpha value is -3.94. The maximum atomic E-state index is 14.1. The molecule has 1 atom stereocenters. The van der Waals surface area contributed by atoms with Gasteiger partial charge in [0, 0.05) is 13.0 Å². The first-order chi connectivity index (χ1) is 15.0. The third-order valence-corrected chi connectivity index (χ3v) is 5.07. The first kappa shape index (κ1) is 20.3. The van der Waals surface area contributed by atoms with E-state index in [0.717, 1.165) is 0 Å². The second-order valence-electron chi connectivity index (χ2n) is 7.15. The van der Waals surface area contributed by atoms with Crippen molar-refractivity contribution in [2.75, 3.05) is 16.8 Å². The lowest BCUT2D eigenvalue weighted by Gasteiger charge is -2.17. The van der Waals surface area contributed by atoms with Crippen molar-refractivity contribution in [3.05, 3.63) is 84.1 Å². The first-order valence-electron chi connectivity index (χ1n) is 9.78. The fourth-order valence-corrected chi connectivity index (χ4v) is 3.49. The third kappa shape index (κ3) is 4.48. The van der Waals surface area contributed by atoms with Crippen LogP contribution in [-0.4, -0.2) is 24.3 Å². The van der Waals surface area contributed by atoms with Gasteiger partial charge in [-0.25, -0.2) is 4.39 Å². The Morgan fingerprint density at radius 3 is 2.61 bits per heavy atom. The van der Waals surface area contributed by atoms with Gasteiger partial charge in [-0.2, -0.15) is 0 Å². The number of nitrogens with one attached hydrogen (secondary N) is 2. The molecule has 0 aliphatic carbocycles. The molecule has 2 heterocycles. The molecule has 3 amide bonds. The summed E-state index contributed by atoms with van der Waals surface area (Å²) in [5.74, 6) is -1.68. The minimum Gasteiger partial charge on any atom is -0.467 e. The zero-order valence-corrected chi connectivity index (χ0v) is 16.5. The van der Waals surface area contributed by atoms with Gasteiger partial charge in [0.1, 0.15) is 11.6 Å². The van der Waals surface area contributed by atoms with E-state index in [-0.39, 0.29) is 42.6 Å². The van der Waals surface area contributed by atoms with Crippen molar-refractivity contribution in [3.8, 4) is 0 Å². The SMILES string of the molecule is O=C(NCc1ccco1)c1ccccc1NC(=O)C1CC(=O)N(c2ccccc2F)C1. The average Bonchev–Trinajstić information content (AvgIpc) is 3.42. The zero-order chi connectivity index (χ0) is 21.8. The van der Waals surface area contributed by atoms with Crippen molar-refractivity contribution in [1.82, 2.24) is 5.32 Å². The van der Waals surface area contributed by atoms with E-state index in [9.17, 15) is 18.8 Å². The van der Waals surface area contributed by atoms with Gasteiger partial charge in [0.25, 0.3) is 5.91 Å². The fourth-order valence-electron chi connectivity index (χ4n) is 3.49. The Labute approximate surface area is 177 Å². The molecule has 31 heavy (non-hydrogen) atoms. The number of benzene rings is 2. The Morgan fingerprint density at radius 2 is 1.84 bits per heavy atom. The van der Waals surface area contributed by atoms with Gasteiger partial charge in [-0.3, -0.25) is 14.4 Å². The topological polar surface area (TPSA) is 91.6 Å². The van der Waals surface area contributed by atoms with Crippen LogP contribution in [0.5, 0.6) is 0 Å². The highest BCUT2D eigenvalue weighted by atomic mass is 19.1. The predicted molar refractivity (Wildman–Crippen MR) is 112 cm³/mol. The molecule has 2 aromatic carbocycles.